The second-order valence-corrected chi connectivity index (χ2v) is 8.11. The number of nitrogens with one attached hydrogen (secondary N) is 1. The van der Waals surface area contributed by atoms with E-state index in [0.717, 1.165) is 80.0 Å². The van der Waals surface area contributed by atoms with Gasteiger partial charge in [0.25, 0.3) is 5.91 Å². The van der Waals surface area contributed by atoms with Crippen LogP contribution in [0.1, 0.15) is 41.4 Å². The molecule has 2 N–H and O–H groups in total. The average molecular weight is 423 g/mol. The van der Waals surface area contributed by atoms with Gasteiger partial charge in [-0.2, -0.15) is 5.10 Å². The third-order valence-electron chi connectivity index (χ3n) is 5.87. The number of nitrogens with zero attached hydrogens (tertiary/aromatic N) is 3. The normalized spacial score (nSPS) is 14.8. The molecule has 7 nitrogen and oxygen atoms in total. The highest BCUT2D eigenvalue weighted by atomic mass is 16.5. The lowest BCUT2D eigenvalue weighted by Gasteiger charge is -2.27. The predicted molar refractivity (Wildman–Crippen MR) is 122 cm³/mol. The number of anilines is 1. The van der Waals surface area contributed by atoms with Gasteiger partial charge in [0.15, 0.2) is 0 Å². The Bertz CT molecular complexity index is 1060. The molecule has 1 fully saturated rings. The largest absolute Gasteiger partial charge is 0.507 e. The van der Waals surface area contributed by atoms with E-state index in [0.29, 0.717) is 0 Å². The Kier molecular flexibility index (Phi) is 6.53. The number of morpholine rings is 1. The van der Waals surface area contributed by atoms with E-state index in [4.69, 9.17) is 4.74 Å². The minimum absolute atomic E-state index is 0.0421. The van der Waals surface area contributed by atoms with Crippen LogP contribution in [0.25, 0.3) is 10.9 Å². The number of fused-ring (bicyclic) bond motifs is 1. The molecule has 0 aliphatic carbocycles. The van der Waals surface area contributed by atoms with E-state index >= 15 is 0 Å². The molecule has 3 aromatic rings. The monoisotopic (exact) mass is 422 g/mol. The van der Waals surface area contributed by atoms with Gasteiger partial charge < -0.3 is 14.7 Å². The minimum atomic E-state index is -0.245. The molecule has 0 radical (unpaired) electrons. The highest BCUT2D eigenvalue weighted by Gasteiger charge is 2.20. The van der Waals surface area contributed by atoms with Crippen molar-refractivity contribution in [2.45, 2.75) is 32.7 Å². The van der Waals surface area contributed by atoms with E-state index in [2.05, 4.69) is 28.1 Å². The highest BCUT2D eigenvalue weighted by molar-refractivity contribution is 6.09. The fraction of sp³-hybridized carbons (Fsp3) is 0.417. The van der Waals surface area contributed by atoms with Gasteiger partial charge in [0.2, 0.25) is 0 Å². The molecule has 2 aromatic carbocycles. The molecule has 7 heteroatoms. The molecule has 164 valence electrons. The van der Waals surface area contributed by atoms with Gasteiger partial charge in [-0.1, -0.05) is 25.5 Å². The lowest BCUT2D eigenvalue weighted by Crippen LogP contribution is -2.35. The van der Waals surface area contributed by atoms with Crippen LogP contribution in [-0.4, -0.2) is 59.5 Å². The maximum Gasteiger partial charge on any atom is 0.261 e. The summed E-state index contributed by atoms with van der Waals surface area (Å²) in [7, 11) is 1.74. The van der Waals surface area contributed by atoms with Gasteiger partial charge in [-0.15, -0.1) is 0 Å². The molecule has 1 aromatic heterocycles. The Morgan fingerprint density at radius 3 is 2.84 bits per heavy atom. The molecule has 1 aliphatic heterocycles. The van der Waals surface area contributed by atoms with Crippen LogP contribution in [0, 0.1) is 0 Å². The van der Waals surface area contributed by atoms with E-state index in [1.54, 1.807) is 24.1 Å². The Balaban J connectivity index is 1.56. The first-order chi connectivity index (χ1) is 15.1. The number of phenols is 1. The van der Waals surface area contributed by atoms with Crippen molar-refractivity contribution in [1.82, 2.24) is 15.1 Å². The summed E-state index contributed by atoms with van der Waals surface area (Å²) in [6.07, 6.45) is 2.94. The van der Waals surface area contributed by atoms with E-state index < -0.39 is 0 Å². The van der Waals surface area contributed by atoms with Crippen LogP contribution in [0.5, 0.6) is 5.75 Å². The summed E-state index contributed by atoms with van der Waals surface area (Å²) in [5.41, 5.74) is 3.91. The standard InChI is InChI=1S/C24H30N4O3/c1-3-4-8-21-19-14-20(23(29)15-22(19)26-25-21)24(30)27(2)18-7-5-6-17(13-18)16-28-9-11-31-12-10-28/h5-7,13-15,29H,3-4,8-12,16H2,1-2H3,(H,25,26). The summed E-state index contributed by atoms with van der Waals surface area (Å²) < 4.78 is 5.42. The molecular weight excluding hydrogens is 392 g/mol. The fourth-order valence-electron chi connectivity index (χ4n) is 3.99. The van der Waals surface area contributed by atoms with Gasteiger partial charge in [-0.05, 0) is 36.6 Å². The highest BCUT2D eigenvalue weighted by Crippen LogP contribution is 2.29. The van der Waals surface area contributed by atoms with Crippen LogP contribution in [0.2, 0.25) is 0 Å². The summed E-state index contributed by atoms with van der Waals surface area (Å²) in [4.78, 5) is 17.2. The van der Waals surface area contributed by atoms with Gasteiger partial charge in [-0.25, -0.2) is 0 Å². The van der Waals surface area contributed by atoms with Crippen LogP contribution in [-0.2, 0) is 17.7 Å². The van der Waals surface area contributed by atoms with Gasteiger partial charge >= 0.3 is 0 Å². The first kappa shape index (κ1) is 21.3. The lowest BCUT2D eigenvalue weighted by atomic mass is 10.1. The molecule has 0 unspecified atom stereocenters. The molecule has 0 spiro atoms. The number of unbranched alkanes of at least 4 members (excludes halogenated alkanes) is 1. The van der Waals surface area contributed by atoms with Gasteiger partial charge in [0.1, 0.15) is 5.75 Å². The summed E-state index contributed by atoms with van der Waals surface area (Å²) in [6.45, 7) is 6.31. The number of phenolic OH excluding ortho intramolecular Hbond substituents is 1. The SMILES string of the molecule is CCCCc1n[nH]c2cc(O)c(C(=O)N(C)c3cccc(CN4CCOCC4)c3)cc12. The number of amides is 1. The lowest BCUT2D eigenvalue weighted by molar-refractivity contribution is 0.0342. The zero-order valence-corrected chi connectivity index (χ0v) is 18.2. The molecule has 0 saturated carbocycles. The number of aromatic nitrogens is 2. The summed E-state index contributed by atoms with van der Waals surface area (Å²) in [5, 5.41) is 18.7. The molecule has 1 amide bonds. The zero-order valence-electron chi connectivity index (χ0n) is 18.2. The Labute approximate surface area is 182 Å². The first-order valence-corrected chi connectivity index (χ1v) is 10.9. The number of carbonyl (C=O) groups excluding carboxylic acids is 1. The van der Waals surface area contributed by atoms with Gasteiger partial charge in [0, 0.05) is 43.8 Å². The first-order valence-electron chi connectivity index (χ1n) is 10.9. The van der Waals surface area contributed by atoms with Crippen molar-refractivity contribution in [3.63, 3.8) is 0 Å². The summed E-state index contributed by atoms with van der Waals surface area (Å²) in [5.74, 6) is -0.287. The van der Waals surface area contributed by atoms with Crippen molar-refractivity contribution < 1.29 is 14.6 Å². The second-order valence-electron chi connectivity index (χ2n) is 8.11. The Hall–Kier alpha value is -2.90. The van der Waals surface area contributed by atoms with Crippen LogP contribution in [0.15, 0.2) is 36.4 Å². The van der Waals surface area contributed by atoms with Crippen molar-refractivity contribution in [2.75, 3.05) is 38.3 Å². The maximum absolute atomic E-state index is 13.3. The number of benzene rings is 2. The van der Waals surface area contributed by atoms with Crippen molar-refractivity contribution in [3.8, 4) is 5.75 Å². The van der Waals surface area contributed by atoms with Crippen LogP contribution in [0.3, 0.4) is 0 Å². The third kappa shape index (κ3) is 4.73. The van der Waals surface area contributed by atoms with E-state index in [-0.39, 0.29) is 17.2 Å². The van der Waals surface area contributed by atoms with Gasteiger partial charge in [0.05, 0.1) is 30.0 Å². The number of aromatic hydroxyl groups is 1. The molecule has 1 aliphatic rings. The van der Waals surface area contributed by atoms with Crippen LogP contribution in [0.4, 0.5) is 5.69 Å². The van der Waals surface area contributed by atoms with Crippen molar-refractivity contribution in [2.24, 2.45) is 0 Å². The number of hydrogen-bond acceptors (Lipinski definition) is 5. The number of rotatable bonds is 7. The third-order valence-corrected chi connectivity index (χ3v) is 5.87. The molecule has 4 rings (SSSR count). The van der Waals surface area contributed by atoms with Gasteiger partial charge in [-0.3, -0.25) is 14.8 Å². The smallest absolute Gasteiger partial charge is 0.261 e. The van der Waals surface area contributed by atoms with E-state index in [1.165, 1.54) is 0 Å². The number of ether oxygens (including phenoxy) is 1. The van der Waals surface area contributed by atoms with E-state index in [1.807, 2.05) is 18.2 Å². The second kappa shape index (κ2) is 9.49. The number of aromatic amines is 1. The zero-order chi connectivity index (χ0) is 21.8. The quantitative estimate of drug-likeness (QED) is 0.606. The molecule has 0 atom stereocenters. The Morgan fingerprint density at radius 1 is 1.26 bits per heavy atom. The summed E-state index contributed by atoms with van der Waals surface area (Å²) in [6, 6.07) is 11.3. The average Bonchev–Trinajstić information content (AvgIpc) is 3.18. The number of carbonyl (C=O) groups is 1. The topological polar surface area (TPSA) is 81.7 Å². The molecule has 2 heterocycles. The maximum atomic E-state index is 13.3. The Morgan fingerprint density at radius 2 is 2.06 bits per heavy atom. The number of H-pyrrole nitrogens is 1. The van der Waals surface area contributed by atoms with Crippen LogP contribution >= 0.6 is 0 Å². The molecule has 1 saturated heterocycles. The van der Waals surface area contributed by atoms with Crippen molar-refractivity contribution in [1.29, 1.82) is 0 Å². The van der Waals surface area contributed by atoms with E-state index in [9.17, 15) is 9.90 Å². The fourth-order valence-corrected chi connectivity index (χ4v) is 3.99. The predicted octanol–water partition coefficient (Wildman–Crippen LogP) is 3.72. The number of hydrogen-bond donors (Lipinski definition) is 2. The summed E-state index contributed by atoms with van der Waals surface area (Å²) >= 11 is 0. The number of aryl methyl sites for hydroxylation is 1. The molecular formula is C24H30N4O3. The molecule has 31 heavy (non-hydrogen) atoms. The molecule has 0 bridgehead atoms. The van der Waals surface area contributed by atoms with Crippen LogP contribution < -0.4 is 4.90 Å². The van der Waals surface area contributed by atoms with Crippen molar-refractivity contribution in [3.05, 3.63) is 53.2 Å². The van der Waals surface area contributed by atoms with Crippen molar-refractivity contribution >= 4 is 22.5 Å². The minimum Gasteiger partial charge on any atom is -0.507 e.